The van der Waals surface area contributed by atoms with E-state index in [2.05, 4.69) is 35.0 Å². The lowest BCUT2D eigenvalue weighted by molar-refractivity contribution is 0.476. The lowest BCUT2D eigenvalue weighted by Gasteiger charge is -2.19. The first-order valence-corrected chi connectivity index (χ1v) is 6.76. The Morgan fingerprint density at radius 1 is 1.16 bits per heavy atom. The maximum atomic E-state index is 5.85. The van der Waals surface area contributed by atoms with Gasteiger partial charge in [-0.25, -0.2) is 0 Å². The first kappa shape index (κ1) is 12.0. The molecule has 1 aromatic carbocycles. The number of hydrogen-bond donors (Lipinski definition) is 0. The van der Waals surface area contributed by atoms with Crippen molar-refractivity contribution in [1.29, 1.82) is 0 Å². The van der Waals surface area contributed by atoms with Crippen LogP contribution in [0.3, 0.4) is 0 Å². The number of nitrogens with zero attached hydrogens (tertiary/aromatic N) is 2. The first-order chi connectivity index (χ1) is 9.33. The Balaban J connectivity index is 1.79. The lowest BCUT2D eigenvalue weighted by atomic mass is 10.2. The van der Waals surface area contributed by atoms with Gasteiger partial charge in [0.2, 0.25) is 0 Å². The smallest absolute Gasteiger partial charge is 0.145 e. The van der Waals surface area contributed by atoms with Crippen molar-refractivity contribution in [3.63, 3.8) is 0 Å². The van der Waals surface area contributed by atoms with Crippen LogP contribution in [0.25, 0.3) is 0 Å². The van der Waals surface area contributed by atoms with Crippen LogP contribution in [0.4, 0.5) is 5.69 Å². The maximum absolute atomic E-state index is 5.85. The van der Waals surface area contributed by atoms with Crippen molar-refractivity contribution in [2.24, 2.45) is 0 Å². The highest BCUT2D eigenvalue weighted by atomic mass is 16.5. The van der Waals surface area contributed by atoms with E-state index in [-0.39, 0.29) is 0 Å². The van der Waals surface area contributed by atoms with Gasteiger partial charge in [0, 0.05) is 25.0 Å². The van der Waals surface area contributed by atoms with E-state index in [9.17, 15) is 0 Å². The summed E-state index contributed by atoms with van der Waals surface area (Å²) >= 11 is 0. The summed E-state index contributed by atoms with van der Waals surface area (Å²) < 4.78 is 5.85. The van der Waals surface area contributed by atoms with Gasteiger partial charge >= 0.3 is 0 Å². The van der Waals surface area contributed by atoms with Gasteiger partial charge in [0.1, 0.15) is 11.5 Å². The minimum atomic E-state index is 0.777. The van der Waals surface area contributed by atoms with E-state index in [1.807, 2.05) is 12.1 Å². The molecule has 1 aromatic heterocycles. The van der Waals surface area contributed by atoms with Gasteiger partial charge in [0.25, 0.3) is 0 Å². The van der Waals surface area contributed by atoms with Crippen molar-refractivity contribution in [3.05, 3.63) is 48.3 Å². The van der Waals surface area contributed by atoms with E-state index >= 15 is 0 Å². The zero-order chi connectivity index (χ0) is 13.1. The van der Waals surface area contributed by atoms with Gasteiger partial charge < -0.3 is 9.64 Å². The SMILES string of the molecule is Cc1cc(N2CCCC2)ccc1Oc1cccnc1. The van der Waals surface area contributed by atoms with Crippen molar-refractivity contribution in [1.82, 2.24) is 4.98 Å². The molecule has 0 bridgehead atoms. The molecule has 1 fully saturated rings. The van der Waals surface area contributed by atoms with Gasteiger partial charge in [0.15, 0.2) is 0 Å². The molecule has 19 heavy (non-hydrogen) atoms. The molecule has 2 heterocycles. The van der Waals surface area contributed by atoms with Crippen LogP contribution in [0, 0.1) is 6.92 Å². The van der Waals surface area contributed by atoms with Crippen LogP contribution in [0.5, 0.6) is 11.5 Å². The van der Waals surface area contributed by atoms with Gasteiger partial charge in [-0.15, -0.1) is 0 Å². The number of hydrogen-bond acceptors (Lipinski definition) is 3. The highest BCUT2D eigenvalue weighted by Gasteiger charge is 2.13. The summed E-state index contributed by atoms with van der Waals surface area (Å²) in [5.74, 6) is 1.68. The van der Waals surface area contributed by atoms with Gasteiger partial charge in [-0.2, -0.15) is 0 Å². The zero-order valence-corrected chi connectivity index (χ0v) is 11.2. The summed E-state index contributed by atoms with van der Waals surface area (Å²) in [6.07, 6.45) is 6.07. The Labute approximate surface area is 113 Å². The second kappa shape index (κ2) is 5.31. The standard InChI is InChI=1S/C16H18N2O/c1-13-11-14(18-9-2-3-10-18)6-7-16(13)19-15-5-4-8-17-12-15/h4-8,11-12H,2-3,9-10H2,1H3. The molecule has 1 aliphatic rings. The third-order valence-electron chi connectivity index (χ3n) is 3.49. The molecule has 0 aliphatic carbocycles. The molecule has 0 atom stereocenters. The fourth-order valence-electron chi connectivity index (χ4n) is 2.45. The molecule has 0 spiro atoms. The summed E-state index contributed by atoms with van der Waals surface area (Å²) in [5.41, 5.74) is 2.46. The molecule has 2 aromatic rings. The highest BCUT2D eigenvalue weighted by molar-refractivity contribution is 5.54. The number of pyridine rings is 1. The van der Waals surface area contributed by atoms with E-state index in [1.165, 1.54) is 31.6 Å². The Morgan fingerprint density at radius 2 is 2.00 bits per heavy atom. The van der Waals surface area contributed by atoms with E-state index in [4.69, 9.17) is 4.74 Å². The molecule has 0 amide bonds. The Bertz CT molecular complexity index is 548. The fourth-order valence-corrected chi connectivity index (χ4v) is 2.45. The van der Waals surface area contributed by atoms with Crippen molar-refractivity contribution >= 4 is 5.69 Å². The molecule has 98 valence electrons. The molecule has 1 aliphatic heterocycles. The summed E-state index contributed by atoms with van der Waals surface area (Å²) in [5, 5.41) is 0. The van der Waals surface area contributed by atoms with Crippen molar-refractivity contribution in [2.45, 2.75) is 19.8 Å². The summed E-state index contributed by atoms with van der Waals surface area (Å²) in [6, 6.07) is 10.2. The molecule has 3 heteroatoms. The largest absolute Gasteiger partial charge is 0.455 e. The first-order valence-electron chi connectivity index (χ1n) is 6.76. The van der Waals surface area contributed by atoms with E-state index in [0.29, 0.717) is 0 Å². The normalized spacial score (nSPS) is 14.7. The Kier molecular flexibility index (Phi) is 3.36. The summed E-state index contributed by atoms with van der Waals surface area (Å²) in [6.45, 7) is 4.43. The molecule has 0 N–H and O–H groups in total. The van der Waals surface area contributed by atoms with Crippen LogP contribution in [-0.4, -0.2) is 18.1 Å². The van der Waals surface area contributed by atoms with Gasteiger partial charge in [-0.3, -0.25) is 4.98 Å². The third-order valence-corrected chi connectivity index (χ3v) is 3.49. The second-order valence-electron chi connectivity index (χ2n) is 4.93. The van der Waals surface area contributed by atoms with Crippen LogP contribution in [0.2, 0.25) is 0 Å². The molecule has 0 unspecified atom stereocenters. The van der Waals surface area contributed by atoms with Crippen LogP contribution in [0.1, 0.15) is 18.4 Å². The Hall–Kier alpha value is -2.03. The van der Waals surface area contributed by atoms with Crippen LogP contribution >= 0.6 is 0 Å². The predicted octanol–water partition coefficient (Wildman–Crippen LogP) is 3.78. The molecular weight excluding hydrogens is 236 g/mol. The number of benzene rings is 1. The second-order valence-corrected chi connectivity index (χ2v) is 4.93. The monoisotopic (exact) mass is 254 g/mol. The molecule has 0 saturated carbocycles. The quantitative estimate of drug-likeness (QED) is 0.833. The van der Waals surface area contributed by atoms with E-state index in [1.54, 1.807) is 12.4 Å². The summed E-state index contributed by atoms with van der Waals surface area (Å²) in [7, 11) is 0. The number of rotatable bonds is 3. The fraction of sp³-hybridized carbons (Fsp3) is 0.312. The lowest BCUT2D eigenvalue weighted by Crippen LogP contribution is -2.17. The zero-order valence-electron chi connectivity index (χ0n) is 11.2. The van der Waals surface area contributed by atoms with Crippen LogP contribution in [-0.2, 0) is 0 Å². The van der Waals surface area contributed by atoms with Gasteiger partial charge in [-0.05, 0) is 55.7 Å². The van der Waals surface area contributed by atoms with Crippen LogP contribution in [0.15, 0.2) is 42.7 Å². The van der Waals surface area contributed by atoms with Gasteiger partial charge in [-0.1, -0.05) is 0 Å². The molecule has 3 nitrogen and oxygen atoms in total. The number of aromatic nitrogens is 1. The van der Waals surface area contributed by atoms with Crippen LogP contribution < -0.4 is 9.64 Å². The molecule has 1 saturated heterocycles. The molecule has 0 radical (unpaired) electrons. The topological polar surface area (TPSA) is 25.4 Å². The van der Waals surface area contributed by atoms with Crippen molar-refractivity contribution in [3.8, 4) is 11.5 Å². The minimum absolute atomic E-state index is 0.777. The molecular formula is C16H18N2O. The number of aryl methyl sites for hydroxylation is 1. The third kappa shape index (κ3) is 2.70. The number of ether oxygens (including phenoxy) is 1. The average molecular weight is 254 g/mol. The highest BCUT2D eigenvalue weighted by Crippen LogP contribution is 2.29. The predicted molar refractivity (Wildman–Crippen MR) is 76.9 cm³/mol. The van der Waals surface area contributed by atoms with E-state index in [0.717, 1.165) is 17.1 Å². The molecule has 3 rings (SSSR count). The van der Waals surface area contributed by atoms with Crippen molar-refractivity contribution < 1.29 is 4.74 Å². The van der Waals surface area contributed by atoms with Crippen molar-refractivity contribution in [2.75, 3.05) is 18.0 Å². The summed E-state index contributed by atoms with van der Waals surface area (Å²) in [4.78, 5) is 6.49. The van der Waals surface area contributed by atoms with Gasteiger partial charge in [0.05, 0.1) is 6.20 Å². The minimum Gasteiger partial charge on any atom is -0.455 e. The Morgan fingerprint density at radius 3 is 2.68 bits per heavy atom. The number of anilines is 1. The maximum Gasteiger partial charge on any atom is 0.145 e. The average Bonchev–Trinajstić information content (AvgIpc) is 2.96. The van der Waals surface area contributed by atoms with E-state index < -0.39 is 0 Å².